The van der Waals surface area contributed by atoms with Crippen molar-refractivity contribution in [2.24, 2.45) is 0 Å². The molecule has 0 spiro atoms. The molecule has 5 rings (SSSR count). The molecule has 2 aromatic heterocycles. The van der Waals surface area contributed by atoms with E-state index in [1.807, 2.05) is 37.3 Å². The second-order valence-corrected chi connectivity index (χ2v) is 12.4. The van der Waals surface area contributed by atoms with Crippen molar-refractivity contribution in [3.05, 3.63) is 80.9 Å². The number of halogens is 3. The van der Waals surface area contributed by atoms with E-state index in [9.17, 15) is 4.79 Å². The molecule has 35 heavy (non-hydrogen) atoms. The van der Waals surface area contributed by atoms with Gasteiger partial charge in [0.25, 0.3) is 0 Å². The van der Waals surface area contributed by atoms with Crippen LogP contribution in [0.1, 0.15) is 48.2 Å². The van der Waals surface area contributed by atoms with Gasteiger partial charge in [-0.05, 0) is 0 Å². The van der Waals surface area contributed by atoms with E-state index in [4.69, 9.17) is 39.9 Å². The summed E-state index contributed by atoms with van der Waals surface area (Å²) in [6, 6.07) is 17.7. The molecule has 4 nitrogen and oxygen atoms in total. The zero-order chi connectivity index (χ0) is 24.5. The summed E-state index contributed by atoms with van der Waals surface area (Å²) in [4.78, 5) is 13.3. The van der Waals surface area contributed by atoms with Crippen LogP contribution in [0.15, 0.2) is 54.6 Å². The van der Waals surface area contributed by atoms with Gasteiger partial charge in [0.2, 0.25) is 0 Å². The Labute approximate surface area is 226 Å². The van der Waals surface area contributed by atoms with Crippen molar-refractivity contribution in [1.82, 2.24) is 15.1 Å². The molecule has 2 heterocycles. The molecule has 1 amide bonds. The molecule has 1 aliphatic rings. The number of nitrogens with zero attached hydrogens (tertiary/aromatic N) is 2. The van der Waals surface area contributed by atoms with Crippen molar-refractivity contribution in [2.45, 2.75) is 45.1 Å². The fourth-order valence-corrected chi connectivity index (χ4v) is 7.48. The van der Waals surface area contributed by atoms with E-state index < -0.39 is 0 Å². The standard InChI is InChI=1S/C27H24Cl3N3OSe/c1-16-25(27(34)31-20-5-3-2-4-6-20)32-33(22-12-11-19(29)15-21(22)30)26(16)24-14-13-23(35-24)17-7-9-18(28)10-8-17/h7-15,20H,2-6H2,1H3,(H,31,34). The molecule has 1 N–H and O–H groups in total. The monoisotopic (exact) mass is 591 g/mol. The third kappa shape index (κ3) is 5.26. The van der Waals surface area contributed by atoms with Crippen molar-refractivity contribution in [1.29, 1.82) is 0 Å². The van der Waals surface area contributed by atoms with Crippen molar-refractivity contribution in [3.8, 4) is 25.8 Å². The molecule has 8 heteroatoms. The van der Waals surface area contributed by atoms with Gasteiger partial charge in [-0.2, -0.15) is 0 Å². The van der Waals surface area contributed by atoms with Gasteiger partial charge >= 0.3 is 227 Å². The predicted octanol–water partition coefficient (Wildman–Crippen LogP) is 7.59. The van der Waals surface area contributed by atoms with Gasteiger partial charge in [0.05, 0.1) is 0 Å². The molecule has 0 atom stereocenters. The van der Waals surface area contributed by atoms with E-state index in [2.05, 4.69) is 17.4 Å². The molecule has 0 unspecified atom stereocenters. The zero-order valence-electron chi connectivity index (χ0n) is 19.2. The van der Waals surface area contributed by atoms with Crippen molar-refractivity contribution in [2.75, 3.05) is 0 Å². The van der Waals surface area contributed by atoms with Crippen molar-refractivity contribution < 1.29 is 4.79 Å². The molecule has 1 fully saturated rings. The number of rotatable bonds is 5. The Kier molecular flexibility index (Phi) is 7.43. The van der Waals surface area contributed by atoms with Crippen LogP contribution in [0.3, 0.4) is 0 Å². The average molecular weight is 592 g/mol. The van der Waals surface area contributed by atoms with E-state index >= 15 is 0 Å². The molecular formula is C27H24Cl3N3OSe. The normalized spacial score (nSPS) is 14.3. The van der Waals surface area contributed by atoms with E-state index in [0.29, 0.717) is 26.4 Å². The Balaban J connectivity index is 1.58. The Morgan fingerprint density at radius 2 is 1.63 bits per heavy atom. The molecule has 1 aliphatic carbocycles. The van der Waals surface area contributed by atoms with Gasteiger partial charge in [0.15, 0.2) is 0 Å². The summed E-state index contributed by atoms with van der Waals surface area (Å²) in [5.74, 6) is -0.128. The second-order valence-electron chi connectivity index (χ2n) is 8.81. The Morgan fingerprint density at radius 3 is 2.34 bits per heavy atom. The van der Waals surface area contributed by atoms with Gasteiger partial charge in [-0.25, -0.2) is 0 Å². The van der Waals surface area contributed by atoms with Gasteiger partial charge < -0.3 is 0 Å². The maximum atomic E-state index is 13.3. The first-order chi connectivity index (χ1) is 16.9. The van der Waals surface area contributed by atoms with Gasteiger partial charge in [-0.3, -0.25) is 0 Å². The molecule has 180 valence electrons. The quantitative estimate of drug-likeness (QED) is 0.243. The molecule has 2 aromatic carbocycles. The van der Waals surface area contributed by atoms with Crippen LogP contribution in [0.4, 0.5) is 0 Å². The fraction of sp³-hybridized carbons (Fsp3) is 0.259. The maximum absolute atomic E-state index is 13.3. The topological polar surface area (TPSA) is 46.9 Å². The van der Waals surface area contributed by atoms with Crippen molar-refractivity contribution >= 4 is 55.2 Å². The minimum absolute atomic E-state index is 0.0202. The summed E-state index contributed by atoms with van der Waals surface area (Å²) in [6.07, 6.45) is 5.57. The zero-order valence-corrected chi connectivity index (χ0v) is 23.1. The first kappa shape index (κ1) is 24.7. The van der Waals surface area contributed by atoms with Crippen LogP contribution in [0, 0.1) is 6.92 Å². The van der Waals surface area contributed by atoms with E-state index in [1.165, 1.54) is 10.9 Å². The number of carbonyl (C=O) groups excluding carboxylic acids is 1. The summed E-state index contributed by atoms with van der Waals surface area (Å²) < 4.78 is 4.18. The van der Waals surface area contributed by atoms with E-state index in [0.717, 1.165) is 46.9 Å². The first-order valence-corrected chi connectivity index (χ1v) is 14.5. The van der Waals surface area contributed by atoms with Crippen LogP contribution in [0.2, 0.25) is 15.1 Å². The molecule has 0 bridgehead atoms. The van der Waals surface area contributed by atoms with Crippen LogP contribution in [0.25, 0.3) is 25.8 Å². The van der Waals surface area contributed by atoms with Gasteiger partial charge in [-0.1, -0.05) is 0 Å². The molecule has 0 aliphatic heterocycles. The van der Waals surface area contributed by atoms with Gasteiger partial charge in [-0.15, -0.1) is 0 Å². The predicted molar refractivity (Wildman–Crippen MR) is 145 cm³/mol. The summed E-state index contributed by atoms with van der Waals surface area (Å²) in [5.41, 5.74) is 4.03. The van der Waals surface area contributed by atoms with Crippen LogP contribution in [0.5, 0.6) is 0 Å². The van der Waals surface area contributed by atoms with Crippen LogP contribution in [-0.4, -0.2) is 36.2 Å². The Morgan fingerprint density at radius 1 is 0.943 bits per heavy atom. The number of benzene rings is 2. The summed E-state index contributed by atoms with van der Waals surface area (Å²) >= 11 is 18.9. The van der Waals surface area contributed by atoms with Gasteiger partial charge in [0.1, 0.15) is 0 Å². The van der Waals surface area contributed by atoms with Crippen LogP contribution < -0.4 is 5.32 Å². The number of hydrogen-bond donors (Lipinski definition) is 1. The number of nitrogens with one attached hydrogen (secondary N) is 1. The molecule has 1 saturated carbocycles. The molecule has 4 aromatic rings. The van der Waals surface area contributed by atoms with E-state index in [1.54, 1.807) is 16.8 Å². The van der Waals surface area contributed by atoms with Crippen LogP contribution >= 0.6 is 34.8 Å². The molecule has 0 radical (unpaired) electrons. The number of carbonyl (C=O) groups is 1. The summed E-state index contributed by atoms with van der Waals surface area (Å²) in [7, 11) is 0. The first-order valence-electron chi connectivity index (χ1n) is 11.6. The number of hydrogen-bond acceptors (Lipinski definition) is 2. The summed E-state index contributed by atoms with van der Waals surface area (Å²) in [5, 5.41) is 9.76. The van der Waals surface area contributed by atoms with Gasteiger partial charge in [0, 0.05) is 0 Å². The third-order valence-corrected chi connectivity index (χ3v) is 9.57. The number of amides is 1. The molecule has 0 saturated heterocycles. The fourth-order valence-electron chi connectivity index (χ4n) is 4.56. The van der Waals surface area contributed by atoms with E-state index in [-0.39, 0.29) is 26.5 Å². The number of aromatic nitrogens is 2. The summed E-state index contributed by atoms with van der Waals surface area (Å²) in [6.45, 7) is 1.97. The molecular weight excluding hydrogens is 568 g/mol. The Bertz CT molecular complexity index is 1370. The average Bonchev–Trinajstić information content (AvgIpc) is 3.45. The third-order valence-electron chi connectivity index (χ3n) is 6.38. The Hall–Kier alpha value is -2.01. The van der Waals surface area contributed by atoms with Crippen LogP contribution in [-0.2, 0) is 0 Å². The minimum atomic E-state index is -0.128. The second kappa shape index (κ2) is 10.5. The van der Waals surface area contributed by atoms with Crippen molar-refractivity contribution in [3.63, 3.8) is 0 Å². The SMILES string of the molecule is Cc1c(C(=O)NC2CCCCC2)nn(-c2ccc(Cl)cc2Cl)c1-c1ccc(-c2ccc(Cl)cc2)[se]1.